The van der Waals surface area contributed by atoms with Gasteiger partial charge in [0.1, 0.15) is 0 Å². The Morgan fingerprint density at radius 2 is 1.96 bits per heavy atom. The van der Waals surface area contributed by atoms with Crippen molar-refractivity contribution in [1.82, 2.24) is 10.2 Å². The standard InChI is InChI=1S/C18H14ClN3O4/c1-11(23)20-13-6-4-5-12(9-13)18(24)25-10-16-21-22-17(26-16)14-7-2-3-8-15(14)19/h2-9H,10H2,1H3,(H,20,23). The first kappa shape index (κ1) is 17.6. The van der Waals surface area contributed by atoms with E-state index < -0.39 is 5.97 Å². The average molecular weight is 372 g/mol. The summed E-state index contributed by atoms with van der Waals surface area (Å²) in [5.74, 6) is -0.413. The lowest BCUT2D eigenvalue weighted by Crippen LogP contribution is -2.09. The van der Waals surface area contributed by atoms with E-state index in [4.69, 9.17) is 20.8 Å². The maximum atomic E-state index is 12.1. The van der Waals surface area contributed by atoms with Gasteiger partial charge in [-0.1, -0.05) is 29.8 Å². The first-order valence-corrected chi connectivity index (χ1v) is 8.03. The van der Waals surface area contributed by atoms with Gasteiger partial charge in [0.15, 0.2) is 6.61 Å². The van der Waals surface area contributed by atoms with Crippen LogP contribution in [0.4, 0.5) is 5.69 Å². The molecule has 0 radical (unpaired) electrons. The van der Waals surface area contributed by atoms with Gasteiger partial charge in [-0.05, 0) is 30.3 Å². The lowest BCUT2D eigenvalue weighted by molar-refractivity contribution is -0.114. The Labute approximate surface area is 153 Å². The molecule has 1 N–H and O–H groups in total. The van der Waals surface area contributed by atoms with Crippen molar-refractivity contribution in [2.45, 2.75) is 13.5 Å². The Kier molecular flexibility index (Phi) is 5.28. The fourth-order valence-corrected chi connectivity index (χ4v) is 2.41. The predicted molar refractivity (Wildman–Crippen MR) is 94.6 cm³/mol. The number of rotatable bonds is 5. The summed E-state index contributed by atoms with van der Waals surface area (Å²) in [6, 6.07) is 13.5. The van der Waals surface area contributed by atoms with Crippen LogP contribution < -0.4 is 5.32 Å². The Hall–Kier alpha value is -3.19. The number of aromatic nitrogens is 2. The van der Waals surface area contributed by atoms with Crippen molar-refractivity contribution in [3.8, 4) is 11.5 Å². The Balaban J connectivity index is 1.65. The molecule has 1 amide bonds. The first-order chi connectivity index (χ1) is 12.5. The molecule has 0 aliphatic carbocycles. The van der Waals surface area contributed by atoms with E-state index in [1.807, 2.05) is 0 Å². The molecule has 0 aliphatic heterocycles. The van der Waals surface area contributed by atoms with Gasteiger partial charge in [0, 0.05) is 12.6 Å². The molecule has 0 atom stereocenters. The second-order valence-corrected chi connectivity index (χ2v) is 5.73. The highest BCUT2D eigenvalue weighted by Crippen LogP contribution is 2.26. The SMILES string of the molecule is CC(=O)Nc1cccc(C(=O)OCc2nnc(-c3ccccc3Cl)o2)c1. The van der Waals surface area contributed by atoms with Gasteiger partial charge in [-0.25, -0.2) is 4.79 Å². The van der Waals surface area contributed by atoms with Crippen molar-refractivity contribution < 1.29 is 18.7 Å². The highest BCUT2D eigenvalue weighted by Gasteiger charge is 2.14. The van der Waals surface area contributed by atoms with E-state index in [9.17, 15) is 9.59 Å². The molecule has 7 nitrogen and oxygen atoms in total. The summed E-state index contributed by atoms with van der Waals surface area (Å²) in [5, 5.41) is 10.8. The minimum absolute atomic E-state index is 0.145. The summed E-state index contributed by atoms with van der Waals surface area (Å²) < 4.78 is 10.6. The molecular formula is C18H14ClN3O4. The number of ether oxygens (including phenoxy) is 1. The number of hydrogen-bond acceptors (Lipinski definition) is 6. The number of hydrogen-bond donors (Lipinski definition) is 1. The number of benzene rings is 2. The largest absolute Gasteiger partial charge is 0.452 e. The number of nitrogens with zero attached hydrogens (tertiary/aromatic N) is 2. The van der Waals surface area contributed by atoms with Crippen molar-refractivity contribution in [3.05, 3.63) is 65.0 Å². The van der Waals surface area contributed by atoms with E-state index in [-0.39, 0.29) is 24.3 Å². The van der Waals surface area contributed by atoms with Crippen LogP contribution in [0.2, 0.25) is 5.02 Å². The topological polar surface area (TPSA) is 94.3 Å². The van der Waals surface area contributed by atoms with Crippen molar-refractivity contribution in [3.63, 3.8) is 0 Å². The van der Waals surface area contributed by atoms with E-state index in [0.29, 0.717) is 21.8 Å². The zero-order valence-corrected chi connectivity index (χ0v) is 14.5. The molecule has 0 bridgehead atoms. The molecule has 1 aromatic heterocycles. The van der Waals surface area contributed by atoms with E-state index in [2.05, 4.69) is 15.5 Å². The van der Waals surface area contributed by atoms with E-state index in [1.165, 1.54) is 13.0 Å². The summed E-state index contributed by atoms with van der Waals surface area (Å²) in [7, 11) is 0. The highest BCUT2D eigenvalue weighted by atomic mass is 35.5. The zero-order chi connectivity index (χ0) is 18.5. The van der Waals surface area contributed by atoms with Crippen LogP contribution in [0, 0.1) is 0 Å². The molecule has 0 fully saturated rings. The maximum absolute atomic E-state index is 12.1. The zero-order valence-electron chi connectivity index (χ0n) is 13.7. The Morgan fingerprint density at radius 3 is 2.73 bits per heavy atom. The maximum Gasteiger partial charge on any atom is 0.338 e. The van der Waals surface area contributed by atoms with Crippen LogP contribution in [0.1, 0.15) is 23.2 Å². The smallest absolute Gasteiger partial charge is 0.338 e. The number of amides is 1. The number of esters is 1. The molecule has 3 aromatic rings. The second kappa shape index (κ2) is 7.79. The van der Waals surface area contributed by atoms with Crippen molar-refractivity contribution in [1.29, 1.82) is 0 Å². The molecule has 2 aromatic carbocycles. The van der Waals surface area contributed by atoms with E-state index >= 15 is 0 Å². The van der Waals surface area contributed by atoms with Gasteiger partial charge in [0.2, 0.25) is 11.8 Å². The van der Waals surface area contributed by atoms with Gasteiger partial charge in [0.25, 0.3) is 5.89 Å². The molecule has 26 heavy (non-hydrogen) atoms. The van der Waals surface area contributed by atoms with Crippen LogP contribution in [0.25, 0.3) is 11.5 Å². The quantitative estimate of drug-likeness (QED) is 0.687. The van der Waals surface area contributed by atoms with Crippen LogP contribution >= 0.6 is 11.6 Å². The molecule has 132 valence electrons. The van der Waals surface area contributed by atoms with Gasteiger partial charge in [-0.2, -0.15) is 0 Å². The summed E-state index contributed by atoms with van der Waals surface area (Å²) in [6.45, 7) is 1.21. The Bertz CT molecular complexity index is 955. The number of anilines is 1. The summed E-state index contributed by atoms with van der Waals surface area (Å²) in [4.78, 5) is 23.2. The third kappa shape index (κ3) is 4.25. The minimum atomic E-state index is -0.574. The van der Waals surface area contributed by atoms with Crippen LogP contribution in [0.3, 0.4) is 0 Å². The molecular weight excluding hydrogens is 358 g/mol. The second-order valence-electron chi connectivity index (χ2n) is 5.32. The third-order valence-corrected chi connectivity index (χ3v) is 3.65. The number of carbonyl (C=O) groups excluding carboxylic acids is 2. The number of nitrogens with one attached hydrogen (secondary N) is 1. The van der Waals surface area contributed by atoms with E-state index in [1.54, 1.807) is 42.5 Å². The van der Waals surface area contributed by atoms with E-state index in [0.717, 1.165) is 0 Å². The Morgan fingerprint density at radius 1 is 1.15 bits per heavy atom. The number of carbonyl (C=O) groups is 2. The molecule has 0 spiro atoms. The summed E-state index contributed by atoms with van der Waals surface area (Å²) in [6.07, 6.45) is 0. The lowest BCUT2D eigenvalue weighted by Gasteiger charge is -2.05. The molecule has 0 saturated heterocycles. The van der Waals surface area contributed by atoms with Crippen LogP contribution in [-0.4, -0.2) is 22.1 Å². The lowest BCUT2D eigenvalue weighted by atomic mass is 10.2. The molecule has 0 aliphatic rings. The first-order valence-electron chi connectivity index (χ1n) is 7.65. The fraction of sp³-hybridized carbons (Fsp3) is 0.111. The van der Waals surface area contributed by atoms with Crippen molar-refractivity contribution >= 4 is 29.2 Å². The summed E-state index contributed by atoms with van der Waals surface area (Å²) >= 11 is 6.08. The van der Waals surface area contributed by atoms with Crippen molar-refractivity contribution in [2.75, 3.05) is 5.32 Å². The predicted octanol–water partition coefficient (Wildman–Crippen LogP) is 3.71. The molecule has 3 rings (SSSR count). The van der Waals surface area contributed by atoms with Gasteiger partial charge >= 0.3 is 5.97 Å². The van der Waals surface area contributed by atoms with Gasteiger partial charge < -0.3 is 14.5 Å². The van der Waals surface area contributed by atoms with Gasteiger partial charge in [-0.15, -0.1) is 10.2 Å². The number of halogens is 1. The average Bonchev–Trinajstić information content (AvgIpc) is 3.08. The summed E-state index contributed by atoms with van der Waals surface area (Å²) in [5.41, 5.74) is 1.40. The van der Waals surface area contributed by atoms with Crippen molar-refractivity contribution in [2.24, 2.45) is 0 Å². The highest BCUT2D eigenvalue weighted by molar-refractivity contribution is 6.33. The molecule has 1 heterocycles. The van der Waals surface area contributed by atoms with Crippen LogP contribution in [-0.2, 0) is 16.1 Å². The molecule has 0 saturated carbocycles. The fourth-order valence-electron chi connectivity index (χ4n) is 2.19. The third-order valence-electron chi connectivity index (χ3n) is 3.32. The monoisotopic (exact) mass is 371 g/mol. The van der Waals surface area contributed by atoms with Gasteiger partial charge in [-0.3, -0.25) is 4.79 Å². The normalized spacial score (nSPS) is 10.4. The van der Waals surface area contributed by atoms with Gasteiger partial charge in [0.05, 0.1) is 16.1 Å². The van der Waals surface area contributed by atoms with Crippen LogP contribution in [0.15, 0.2) is 52.9 Å². The van der Waals surface area contributed by atoms with Crippen LogP contribution in [0.5, 0.6) is 0 Å². The molecule has 8 heteroatoms. The molecule has 0 unspecified atom stereocenters. The minimum Gasteiger partial charge on any atom is -0.452 e.